The molecule has 0 saturated heterocycles. The van der Waals surface area contributed by atoms with Crippen molar-refractivity contribution in [3.63, 3.8) is 0 Å². The predicted molar refractivity (Wildman–Crippen MR) is 122 cm³/mol. The van der Waals surface area contributed by atoms with Crippen molar-refractivity contribution in [2.24, 2.45) is 0 Å². The molecule has 28 heavy (non-hydrogen) atoms. The number of nitrogens with zero attached hydrogens (tertiary/aromatic N) is 2. The Kier molecular flexibility index (Phi) is 7.91. The molecule has 0 saturated carbocycles. The Morgan fingerprint density at radius 1 is 0.714 bits per heavy atom. The largest absolute Gasteiger partial charge is 0.489 e. The number of halogens is 2. The fourth-order valence-corrected chi connectivity index (χ4v) is 3.85. The molecule has 0 atom stereocenters. The first-order valence-corrected chi connectivity index (χ1v) is 11.6. The highest BCUT2D eigenvalue weighted by molar-refractivity contribution is 9.10. The smallest absolute Gasteiger partial charge is 0.171 e. The molecule has 4 nitrogen and oxygen atoms in total. The van der Waals surface area contributed by atoms with Crippen molar-refractivity contribution in [3.05, 3.63) is 33.5 Å². The second kappa shape index (κ2) is 10.4. The van der Waals surface area contributed by atoms with Gasteiger partial charge in [0.25, 0.3) is 0 Å². The molecule has 6 heteroatoms. The van der Waals surface area contributed by atoms with E-state index in [4.69, 9.17) is 9.47 Å². The molecule has 0 fully saturated rings. The Hall–Kier alpha value is -1.40. The summed E-state index contributed by atoms with van der Waals surface area (Å²) in [5.74, 6) is 1.53. The first-order chi connectivity index (χ1) is 13.7. The number of fused-ring (bicyclic) bond motifs is 3. The van der Waals surface area contributed by atoms with Crippen LogP contribution in [0.4, 0.5) is 0 Å². The minimum absolute atomic E-state index is 0.660. The number of hydrogen-bond donors (Lipinski definition) is 0. The summed E-state index contributed by atoms with van der Waals surface area (Å²) < 4.78 is 14.4. The van der Waals surface area contributed by atoms with E-state index in [2.05, 4.69) is 55.7 Å². The van der Waals surface area contributed by atoms with E-state index in [-0.39, 0.29) is 0 Å². The van der Waals surface area contributed by atoms with Crippen LogP contribution in [-0.4, -0.2) is 23.2 Å². The van der Waals surface area contributed by atoms with E-state index < -0.39 is 0 Å². The van der Waals surface area contributed by atoms with Crippen molar-refractivity contribution in [3.8, 4) is 11.5 Å². The number of pyridine rings is 2. The molecule has 2 heterocycles. The summed E-state index contributed by atoms with van der Waals surface area (Å²) in [5.41, 5.74) is 1.66. The number of hydrogen-bond acceptors (Lipinski definition) is 4. The number of rotatable bonds is 10. The predicted octanol–water partition coefficient (Wildman–Crippen LogP) is 7.45. The first kappa shape index (κ1) is 21.3. The number of ether oxygens (including phenoxy) is 2. The van der Waals surface area contributed by atoms with Gasteiger partial charge in [0, 0.05) is 32.1 Å². The van der Waals surface area contributed by atoms with E-state index in [1.807, 2.05) is 12.1 Å². The Morgan fingerprint density at radius 3 is 1.54 bits per heavy atom. The Balaban J connectivity index is 2.14. The molecule has 3 rings (SSSR count). The van der Waals surface area contributed by atoms with Gasteiger partial charge in [0.15, 0.2) is 11.5 Å². The monoisotopic (exact) mass is 508 g/mol. The second-order valence-corrected chi connectivity index (χ2v) is 8.70. The van der Waals surface area contributed by atoms with Crippen molar-refractivity contribution in [2.75, 3.05) is 13.2 Å². The Labute approximate surface area is 183 Å². The lowest BCUT2D eigenvalue weighted by molar-refractivity contribution is 0.265. The number of unbranched alkanes of at least 4 members (excludes halogenated alkanes) is 4. The molecular weight excluding hydrogens is 484 g/mol. The van der Waals surface area contributed by atoms with Crippen LogP contribution < -0.4 is 9.47 Å². The maximum atomic E-state index is 6.28. The highest BCUT2D eigenvalue weighted by Gasteiger charge is 2.20. The summed E-state index contributed by atoms with van der Waals surface area (Å²) in [6.45, 7) is 5.71. The zero-order chi connectivity index (χ0) is 19.9. The summed E-state index contributed by atoms with van der Waals surface area (Å²) in [5, 5.41) is 1.86. The van der Waals surface area contributed by atoms with Crippen LogP contribution in [0.1, 0.15) is 52.4 Å². The summed E-state index contributed by atoms with van der Waals surface area (Å²) in [6, 6.07) is 4.08. The average molecular weight is 510 g/mol. The van der Waals surface area contributed by atoms with Crippen molar-refractivity contribution >= 4 is 53.7 Å². The van der Waals surface area contributed by atoms with Crippen LogP contribution in [-0.2, 0) is 0 Å². The van der Waals surface area contributed by atoms with Gasteiger partial charge in [-0.25, -0.2) is 0 Å². The molecule has 0 aliphatic heterocycles. The Morgan fingerprint density at radius 2 is 1.14 bits per heavy atom. The standard InChI is InChI=1S/C22H26Br2N2O2/c1-3-5-7-9-27-21-17-11-15(23)13-25-19(17)20-18(12-16(24)14-26-20)22(21)28-10-8-6-4-2/h11-14H,3-10H2,1-2H3. The van der Waals surface area contributed by atoms with Crippen molar-refractivity contribution < 1.29 is 9.47 Å². The van der Waals surface area contributed by atoms with Crippen LogP contribution >= 0.6 is 31.9 Å². The van der Waals surface area contributed by atoms with Crippen molar-refractivity contribution in [2.45, 2.75) is 52.4 Å². The van der Waals surface area contributed by atoms with Gasteiger partial charge < -0.3 is 9.47 Å². The van der Waals surface area contributed by atoms with Crippen LogP contribution in [0.25, 0.3) is 21.8 Å². The van der Waals surface area contributed by atoms with Gasteiger partial charge in [-0.2, -0.15) is 0 Å². The topological polar surface area (TPSA) is 44.2 Å². The third kappa shape index (κ3) is 4.95. The van der Waals surface area contributed by atoms with Gasteiger partial charge >= 0.3 is 0 Å². The molecule has 3 aromatic rings. The van der Waals surface area contributed by atoms with E-state index >= 15 is 0 Å². The van der Waals surface area contributed by atoms with E-state index in [0.717, 1.165) is 80.8 Å². The fourth-order valence-electron chi connectivity index (χ4n) is 3.19. The van der Waals surface area contributed by atoms with Crippen molar-refractivity contribution in [1.29, 1.82) is 0 Å². The molecule has 0 N–H and O–H groups in total. The maximum absolute atomic E-state index is 6.28. The summed E-state index contributed by atoms with van der Waals surface area (Å²) >= 11 is 7.09. The molecular formula is C22H26Br2N2O2. The van der Waals surface area contributed by atoms with Gasteiger partial charge in [-0.3, -0.25) is 9.97 Å². The Bertz CT molecular complexity index is 870. The van der Waals surface area contributed by atoms with E-state index in [0.29, 0.717) is 13.2 Å². The van der Waals surface area contributed by atoms with Crippen LogP contribution in [0, 0.1) is 0 Å². The van der Waals surface area contributed by atoms with Gasteiger partial charge in [0.1, 0.15) is 11.0 Å². The van der Waals surface area contributed by atoms with Gasteiger partial charge in [-0.05, 0) is 56.8 Å². The maximum Gasteiger partial charge on any atom is 0.171 e. The first-order valence-electron chi connectivity index (χ1n) is 9.97. The average Bonchev–Trinajstić information content (AvgIpc) is 2.69. The lowest BCUT2D eigenvalue weighted by Crippen LogP contribution is -2.05. The summed E-state index contributed by atoms with van der Waals surface area (Å²) in [6.07, 6.45) is 10.2. The quantitative estimate of drug-likeness (QED) is 0.210. The molecule has 1 aromatic carbocycles. The van der Waals surface area contributed by atoms with Gasteiger partial charge in [0.05, 0.1) is 13.2 Å². The summed E-state index contributed by atoms with van der Waals surface area (Å²) in [4.78, 5) is 9.27. The molecule has 2 aromatic heterocycles. The molecule has 0 aliphatic rings. The molecule has 0 amide bonds. The minimum Gasteiger partial charge on any atom is -0.489 e. The van der Waals surface area contributed by atoms with Crippen LogP contribution in [0.2, 0.25) is 0 Å². The van der Waals surface area contributed by atoms with E-state index in [9.17, 15) is 0 Å². The molecule has 0 radical (unpaired) electrons. The van der Waals surface area contributed by atoms with Crippen LogP contribution in [0.15, 0.2) is 33.5 Å². The second-order valence-electron chi connectivity index (χ2n) is 6.87. The van der Waals surface area contributed by atoms with E-state index in [1.165, 1.54) is 0 Å². The third-order valence-electron chi connectivity index (χ3n) is 4.62. The van der Waals surface area contributed by atoms with Crippen LogP contribution in [0.5, 0.6) is 11.5 Å². The van der Waals surface area contributed by atoms with Gasteiger partial charge in [-0.1, -0.05) is 39.5 Å². The van der Waals surface area contributed by atoms with Crippen LogP contribution in [0.3, 0.4) is 0 Å². The lowest BCUT2D eigenvalue weighted by atomic mass is 10.1. The number of aromatic nitrogens is 2. The molecule has 0 spiro atoms. The fraction of sp³-hybridized carbons (Fsp3) is 0.455. The lowest BCUT2D eigenvalue weighted by Gasteiger charge is -2.18. The van der Waals surface area contributed by atoms with E-state index in [1.54, 1.807) is 12.4 Å². The highest BCUT2D eigenvalue weighted by Crippen LogP contribution is 2.44. The molecule has 150 valence electrons. The SMILES string of the molecule is CCCCCOc1c(OCCCCC)c2cc(Br)cnc2c2ncc(Br)cc12. The van der Waals surface area contributed by atoms with Gasteiger partial charge in [0.2, 0.25) is 0 Å². The number of benzene rings is 1. The zero-order valence-electron chi connectivity index (χ0n) is 16.4. The zero-order valence-corrected chi connectivity index (χ0v) is 19.6. The highest BCUT2D eigenvalue weighted by atomic mass is 79.9. The van der Waals surface area contributed by atoms with Crippen molar-refractivity contribution in [1.82, 2.24) is 9.97 Å². The minimum atomic E-state index is 0.660. The van der Waals surface area contributed by atoms with Gasteiger partial charge in [-0.15, -0.1) is 0 Å². The summed E-state index contributed by atoms with van der Waals surface area (Å²) in [7, 11) is 0. The molecule has 0 bridgehead atoms. The molecule has 0 aliphatic carbocycles. The normalized spacial score (nSPS) is 11.3. The third-order valence-corrected chi connectivity index (χ3v) is 5.48. The molecule has 0 unspecified atom stereocenters.